The van der Waals surface area contributed by atoms with Crippen LogP contribution in [-0.2, 0) is 16.0 Å². The molecular formula is C22H31N3O2. The number of amides is 2. The molecule has 4 rings (SSSR count). The van der Waals surface area contributed by atoms with Crippen molar-refractivity contribution in [3.8, 4) is 0 Å². The fourth-order valence-electron chi connectivity index (χ4n) is 5.06. The van der Waals surface area contributed by atoms with E-state index in [-0.39, 0.29) is 11.3 Å². The van der Waals surface area contributed by atoms with Gasteiger partial charge in [-0.1, -0.05) is 30.3 Å². The Morgan fingerprint density at radius 3 is 2.52 bits per heavy atom. The summed E-state index contributed by atoms with van der Waals surface area (Å²) in [5.41, 5.74) is 1.31. The normalized spacial score (nSPS) is 26.0. The molecule has 3 heterocycles. The van der Waals surface area contributed by atoms with Crippen molar-refractivity contribution in [3.63, 3.8) is 0 Å². The van der Waals surface area contributed by atoms with Gasteiger partial charge in [-0.05, 0) is 50.3 Å². The lowest BCUT2D eigenvalue weighted by molar-refractivity contribution is -0.144. The summed E-state index contributed by atoms with van der Waals surface area (Å²) in [6, 6.07) is 10.4. The Hall–Kier alpha value is -1.88. The van der Waals surface area contributed by atoms with E-state index in [2.05, 4.69) is 16.8 Å². The quantitative estimate of drug-likeness (QED) is 0.820. The molecule has 5 heteroatoms. The van der Waals surface area contributed by atoms with Crippen LogP contribution in [-0.4, -0.2) is 72.3 Å². The standard InChI is InChI=1S/C22H31N3O2/c1-23-12-8-19(16-23)25-17-22(9-7-20(25)26)10-13-24(14-11-22)21(27)15-18-5-3-2-4-6-18/h2-6,19H,7-17H2,1H3. The highest BCUT2D eigenvalue weighted by atomic mass is 16.2. The number of benzene rings is 1. The van der Waals surface area contributed by atoms with Crippen molar-refractivity contribution in [1.82, 2.24) is 14.7 Å². The molecule has 3 saturated heterocycles. The minimum absolute atomic E-state index is 0.221. The molecule has 1 atom stereocenters. The van der Waals surface area contributed by atoms with Crippen molar-refractivity contribution in [2.45, 2.75) is 44.6 Å². The zero-order valence-electron chi connectivity index (χ0n) is 16.4. The van der Waals surface area contributed by atoms with Crippen molar-refractivity contribution in [1.29, 1.82) is 0 Å². The van der Waals surface area contributed by atoms with Crippen LogP contribution < -0.4 is 0 Å². The third-order valence-electron chi connectivity index (χ3n) is 6.88. The maximum atomic E-state index is 12.7. The van der Waals surface area contributed by atoms with E-state index in [4.69, 9.17) is 0 Å². The maximum absolute atomic E-state index is 12.7. The van der Waals surface area contributed by atoms with Gasteiger partial charge >= 0.3 is 0 Å². The van der Waals surface area contributed by atoms with E-state index < -0.39 is 0 Å². The van der Waals surface area contributed by atoms with Gasteiger partial charge in [0.05, 0.1) is 6.42 Å². The minimum atomic E-state index is 0.221. The van der Waals surface area contributed by atoms with E-state index in [9.17, 15) is 9.59 Å². The first-order valence-corrected chi connectivity index (χ1v) is 10.3. The van der Waals surface area contributed by atoms with Gasteiger partial charge < -0.3 is 14.7 Å². The van der Waals surface area contributed by atoms with E-state index in [0.29, 0.717) is 24.8 Å². The highest BCUT2D eigenvalue weighted by Crippen LogP contribution is 2.41. The Kier molecular flexibility index (Phi) is 5.22. The number of carbonyl (C=O) groups is 2. The Bertz CT molecular complexity index is 682. The van der Waals surface area contributed by atoms with Gasteiger partial charge in [0.2, 0.25) is 11.8 Å². The molecule has 2 amide bonds. The zero-order valence-corrected chi connectivity index (χ0v) is 16.4. The molecule has 1 aromatic carbocycles. The molecule has 3 aliphatic rings. The highest BCUT2D eigenvalue weighted by molar-refractivity contribution is 5.79. The molecule has 0 radical (unpaired) electrons. The highest BCUT2D eigenvalue weighted by Gasteiger charge is 2.44. The fraction of sp³-hybridized carbons (Fsp3) is 0.636. The number of likely N-dealkylation sites (N-methyl/N-ethyl adjacent to an activating group) is 1. The number of nitrogens with zero attached hydrogens (tertiary/aromatic N) is 3. The maximum Gasteiger partial charge on any atom is 0.226 e. The van der Waals surface area contributed by atoms with Gasteiger partial charge in [0, 0.05) is 38.6 Å². The second-order valence-electron chi connectivity index (χ2n) is 8.77. The number of piperidine rings is 2. The molecule has 27 heavy (non-hydrogen) atoms. The van der Waals surface area contributed by atoms with Crippen LogP contribution in [0.25, 0.3) is 0 Å². The predicted molar refractivity (Wildman–Crippen MR) is 105 cm³/mol. The van der Waals surface area contributed by atoms with Crippen LogP contribution in [0.2, 0.25) is 0 Å². The van der Waals surface area contributed by atoms with Crippen LogP contribution >= 0.6 is 0 Å². The summed E-state index contributed by atoms with van der Waals surface area (Å²) < 4.78 is 0. The van der Waals surface area contributed by atoms with E-state index in [1.165, 1.54) is 0 Å². The summed E-state index contributed by atoms with van der Waals surface area (Å²) in [5, 5.41) is 0. The Labute approximate surface area is 162 Å². The molecule has 1 spiro atoms. The summed E-state index contributed by atoms with van der Waals surface area (Å²) in [6.07, 6.45) is 5.32. The van der Waals surface area contributed by atoms with E-state index in [1.807, 2.05) is 35.2 Å². The van der Waals surface area contributed by atoms with Crippen LogP contribution in [0.15, 0.2) is 30.3 Å². The second-order valence-corrected chi connectivity index (χ2v) is 8.77. The second kappa shape index (κ2) is 7.63. The van der Waals surface area contributed by atoms with Crippen LogP contribution in [0.5, 0.6) is 0 Å². The average Bonchev–Trinajstić information content (AvgIpc) is 3.11. The third-order valence-corrected chi connectivity index (χ3v) is 6.88. The van der Waals surface area contributed by atoms with Gasteiger partial charge in [0.15, 0.2) is 0 Å². The number of hydrogen-bond acceptors (Lipinski definition) is 3. The lowest BCUT2D eigenvalue weighted by atomic mass is 9.72. The smallest absolute Gasteiger partial charge is 0.226 e. The molecule has 0 saturated carbocycles. The van der Waals surface area contributed by atoms with Crippen LogP contribution in [0, 0.1) is 5.41 Å². The van der Waals surface area contributed by atoms with Gasteiger partial charge in [-0.25, -0.2) is 0 Å². The van der Waals surface area contributed by atoms with E-state index in [0.717, 1.165) is 64.0 Å². The molecule has 146 valence electrons. The van der Waals surface area contributed by atoms with Crippen molar-refractivity contribution in [2.24, 2.45) is 5.41 Å². The molecule has 0 N–H and O–H groups in total. The topological polar surface area (TPSA) is 43.9 Å². The van der Waals surface area contributed by atoms with Crippen molar-refractivity contribution in [3.05, 3.63) is 35.9 Å². The van der Waals surface area contributed by atoms with Gasteiger partial charge in [-0.15, -0.1) is 0 Å². The van der Waals surface area contributed by atoms with Gasteiger partial charge in [-0.3, -0.25) is 9.59 Å². The van der Waals surface area contributed by atoms with Crippen molar-refractivity contribution in [2.75, 3.05) is 39.8 Å². The third kappa shape index (κ3) is 4.03. The molecule has 0 aromatic heterocycles. The first kappa shape index (κ1) is 18.5. The van der Waals surface area contributed by atoms with Gasteiger partial charge in [-0.2, -0.15) is 0 Å². The molecule has 0 bridgehead atoms. The zero-order chi connectivity index (χ0) is 18.9. The molecule has 3 aliphatic heterocycles. The summed E-state index contributed by atoms with van der Waals surface area (Å²) in [6.45, 7) is 4.65. The summed E-state index contributed by atoms with van der Waals surface area (Å²) >= 11 is 0. The molecule has 5 nitrogen and oxygen atoms in total. The first-order chi connectivity index (χ1) is 13.0. The first-order valence-electron chi connectivity index (χ1n) is 10.3. The van der Waals surface area contributed by atoms with Crippen LogP contribution in [0.4, 0.5) is 0 Å². The lowest BCUT2D eigenvalue weighted by Crippen LogP contribution is -2.55. The number of carbonyl (C=O) groups excluding carboxylic acids is 2. The SMILES string of the molecule is CN1CCC(N2CC3(CCC2=O)CCN(C(=O)Cc2ccccc2)CC3)C1. The molecule has 1 unspecified atom stereocenters. The van der Waals surface area contributed by atoms with Crippen molar-refractivity contribution < 1.29 is 9.59 Å². The minimum Gasteiger partial charge on any atom is -0.342 e. The van der Waals surface area contributed by atoms with Gasteiger partial charge in [0.1, 0.15) is 0 Å². The average molecular weight is 370 g/mol. The Morgan fingerprint density at radius 2 is 1.85 bits per heavy atom. The fourth-order valence-corrected chi connectivity index (χ4v) is 5.06. The number of rotatable bonds is 3. The van der Waals surface area contributed by atoms with Crippen LogP contribution in [0.1, 0.15) is 37.7 Å². The Balaban J connectivity index is 1.35. The number of likely N-dealkylation sites (tertiary alicyclic amines) is 3. The summed E-state index contributed by atoms with van der Waals surface area (Å²) in [7, 11) is 2.14. The molecule has 1 aromatic rings. The van der Waals surface area contributed by atoms with Crippen molar-refractivity contribution >= 4 is 11.8 Å². The van der Waals surface area contributed by atoms with E-state index in [1.54, 1.807) is 0 Å². The largest absolute Gasteiger partial charge is 0.342 e. The molecule has 0 aliphatic carbocycles. The molecule has 3 fully saturated rings. The Morgan fingerprint density at radius 1 is 1.11 bits per heavy atom. The summed E-state index contributed by atoms with van der Waals surface area (Å²) in [5.74, 6) is 0.570. The van der Waals surface area contributed by atoms with Gasteiger partial charge in [0.25, 0.3) is 0 Å². The lowest BCUT2D eigenvalue weighted by Gasteiger charge is -2.49. The monoisotopic (exact) mass is 369 g/mol. The summed E-state index contributed by atoms with van der Waals surface area (Å²) in [4.78, 5) is 31.7. The number of hydrogen-bond donors (Lipinski definition) is 0. The van der Waals surface area contributed by atoms with Crippen LogP contribution in [0.3, 0.4) is 0 Å². The molecular weight excluding hydrogens is 338 g/mol. The predicted octanol–water partition coefficient (Wildman–Crippen LogP) is 2.16. The van der Waals surface area contributed by atoms with E-state index >= 15 is 0 Å².